The Morgan fingerprint density at radius 2 is 1.97 bits per heavy atom. The molecule has 1 aliphatic carbocycles. The van der Waals surface area contributed by atoms with E-state index in [9.17, 15) is 12.8 Å². The molecule has 2 saturated heterocycles. The van der Waals surface area contributed by atoms with Crippen LogP contribution in [-0.4, -0.2) is 65.9 Å². The van der Waals surface area contributed by atoms with Gasteiger partial charge in [0.1, 0.15) is 11.9 Å². The Bertz CT molecular complexity index is 1040. The second kappa shape index (κ2) is 7.55. The highest BCUT2D eigenvalue weighted by molar-refractivity contribution is 7.89. The van der Waals surface area contributed by atoms with E-state index in [0.717, 1.165) is 24.7 Å². The summed E-state index contributed by atoms with van der Waals surface area (Å²) in [6.45, 7) is 3.75. The third-order valence-corrected chi connectivity index (χ3v) is 8.11. The van der Waals surface area contributed by atoms with Crippen molar-refractivity contribution in [2.75, 3.05) is 26.2 Å². The molecule has 0 spiro atoms. The highest BCUT2D eigenvalue weighted by Crippen LogP contribution is 2.38. The molecule has 0 N–H and O–H groups in total. The molecular weight excluding hydrogens is 407 g/mol. The number of rotatable bonds is 5. The van der Waals surface area contributed by atoms with Crippen LogP contribution in [0.2, 0.25) is 0 Å². The molecule has 2 aliphatic heterocycles. The Labute approximate surface area is 175 Å². The van der Waals surface area contributed by atoms with Crippen LogP contribution in [0, 0.1) is 12.7 Å². The number of fused-ring (bicyclic) bond motifs is 1. The molecule has 3 aliphatic rings. The Kier molecular flexibility index (Phi) is 4.99. The maximum atomic E-state index is 13.9. The van der Waals surface area contributed by atoms with Gasteiger partial charge >= 0.3 is 0 Å². The Morgan fingerprint density at radius 3 is 2.67 bits per heavy atom. The molecule has 160 valence electrons. The zero-order chi connectivity index (χ0) is 20.9. The number of ether oxygens (including phenoxy) is 1. The maximum Gasteiger partial charge on any atom is 0.243 e. The van der Waals surface area contributed by atoms with Gasteiger partial charge in [-0.1, -0.05) is 6.07 Å². The third-order valence-electron chi connectivity index (χ3n) is 6.25. The van der Waals surface area contributed by atoms with E-state index in [4.69, 9.17) is 4.74 Å². The first kappa shape index (κ1) is 19.8. The number of nitrogens with zero attached hydrogens (tertiary/aromatic N) is 4. The summed E-state index contributed by atoms with van der Waals surface area (Å²) < 4.78 is 47.4. The average molecular weight is 433 g/mol. The fourth-order valence-electron chi connectivity index (χ4n) is 4.30. The minimum absolute atomic E-state index is 0.0101. The maximum absolute atomic E-state index is 13.9. The Hall–Kier alpha value is -2.10. The van der Waals surface area contributed by atoms with Crippen molar-refractivity contribution in [1.82, 2.24) is 19.2 Å². The summed E-state index contributed by atoms with van der Waals surface area (Å²) in [6, 6.07) is 4.17. The first-order valence-corrected chi connectivity index (χ1v) is 11.8. The summed E-state index contributed by atoms with van der Waals surface area (Å²) in [5.74, 6) is 0.573. The van der Waals surface area contributed by atoms with Gasteiger partial charge in [-0.05, 0) is 37.5 Å². The molecule has 3 fully saturated rings. The van der Waals surface area contributed by atoms with Crippen molar-refractivity contribution < 1.29 is 17.5 Å². The van der Waals surface area contributed by atoms with E-state index in [2.05, 4.69) is 14.9 Å². The van der Waals surface area contributed by atoms with Crippen LogP contribution in [-0.2, 0) is 10.0 Å². The van der Waals surface area contributed by atoms with Gasteiger partial charge in [-0.3, -0.25) is 9.88 Å². The van der Waals surface area contributed by atoms with Crippen LogP contribution >= 0.6 is 0 Å². The molecule has 0 unspecified atom stereocenters. The predicted molar refractivity (Wildman–Crippen MR) is 108 cm³/mol. The van der Waals surface area contributed by atoms with Gasteiger partial charge in [0, 0.05) is 44.6 Å². The van der Waals surface area contributed by atoms with E-state index in [0.29, 0.717) is 37.0 Å². The monoisotopic (exact) mass is 432 g/mol. The van der Waals surface area contributed by atoms with Crippen molar-refractivity contribution in [3.63, 3.8) is 0 Å². The molecule has 1 aromatic carbocycles. The minimum Gasteiger partial charge on any atom is -0.472 e. The van der Waals surface area contributed by atoms with Gasteiger partial charge in [0.25, 0.3) is 0 Å². The predicted octanol–water partition coefficient (Wildman–Crippen LogP) is 2.33. The molecule has 0 radical (unpaired) electrons. The quantitative estimate of drug-likeness (QED) is 0.722. The summed E-state index contributed by atoms with van der Waals surface area (Å²) in [6.07, 6.45) is 6.53. The van der Waals surface area contributed by atoms with Crippen molar-refractivity contribution >= 4 is 10.0 Å². The number of hydrogen-bond acceptors (Lipinski definition) is 6. The fourth-order valence-corrected chi connectivity index (χ4v) is 5.78. The van der Waals surface area contributed by atoms with Crippen LogP contribution in [0.5, 0.6) is 5.88 Å². The largest absolute Gasteiger partial charge is 0.472 e. The van der Waals surface area contributed by atoms with E-state index in [1.165, 1.54) is 29.3 Å². The molecule has 3 heterocycles. The average Bonchev–Trinajstić information content (AvgIpc) is 3.50. The number of hydrogen-bond donors (Lipinski definition) is 0. The molecular formula is C21H25FN4O3S. The lowest BCUT2D eigenvalue weighted by molar-refractivity contribution is 0.151. The highest BCUT2D eigenvalue weighted by Gasteiger charge is 2.41. The van der Waals surface area contributed by atoms with Gasteiger partial charge in [-0.2, -0.15) is 4.31 Å². The standard InChI is InChI=1S/C21H25FN4O3S/c1-14-2-5-18(9-19(14)22)30(27,28)26-7-6-25-13-17(8-16(25)12-26)29-21-11-23-20(10-24-21)15-3-4-15/h2,5,9-11,15-17H,3-4,6-8,12-13H2,1H3/t16-,17-/m0/s1. The topological polar surface area (TPSA) is 75.6 Å². The van der Waals surface area contributed by atoms with Crippen molar-refractivity contribution in [3.05, 3.63) is 47.7 Å². The zero-order valence-electron chi connectivity index (χ0n) is 16.9. The van der Waals surface area contributed by atoms with Crippen LogP contribution < -0.4 is 4.74 Å². The summed E-state index contributed by atoms with van der Waals surface area (Å²) in [4.78, 5) is 11.1. The second-order valence-electron chi connectivity index (χ2n) is 8.45. The zero-order valence-corrected chi connectivity index (χ0v) is 17.7. The third kappa shape index (κ3) is 3.81. The van der Waals surface area contributed by atoms with Crippen molar-refractivity contribution in [1.29, 1.82) is 0 Å². The van der Waals surface area contributed by atoms with Gasteiger partial charge in [-0.25, -0.2) is 17.8 Å². The van der Waals surface area contributed by atoms with E-state index < -0.39 is 15.8 Å². The van der Waals surface area contributed by atoms with Crippen molar-refractivity contribution in [2.24, 2.45) is 0 Å². The van der Waals surface area contributed by atoms with E-state index in [-0.39, 0.29) is 17.0 Å². The lowest BCUT2D eigenvalue weighted by Gasteiger charge is -2.36. The summed E-state index contributed by atoms with van der Waals surface area (Å²) >= 11 is 0. The number of halogens is 1. The molecule has 0 bridgehead atoms. The molecule has 9 heteroatoms. The van der Waals surface area contributed by atoms with Crippen LogP contribution in [0.15, 0.2) is 35.5 Å². The smallest absolute Gasteiger partial charge is 0.243 e. The first-order valence-electron chi connectivity index (χ1n) is 10.4. The molecule has 5 rings (SSSR count). The highest BCUT2D eigenvalue weighted by atomic mass is 32.2. The fraction of sp³-hybridized carbons (Fsp3) is 0.524. The minimum atomic E-state index is -3.72. The molecule has 2 atom stereocenters. The lowest BCUT2D eigenvalue weighted by Crippen LogP contribution is -2.51. The molecule has 7 nitrogen and oxygen atoms in total. The normalized spacial score (nSPS) is 25.3. The number of benzene rings is 1. The molecule has 30 heavy (non-hydrogen) atoms. The Balaban J connectivity index is 1.23. The van der Waals surface area contributed by atoms with Crippen LogP contribution in [0.3, 0.4) is 0 Å². The van der Waals surface area contributed by atoms with Gasteiger partial charge < -0.3 is 4.74 Å². The summed E-state index contributed by atoms with van der Waals surface area (Å²) in [7, 11) is -3.72. The summed E-state index contributed by atoms with van der Waals surface area (Å²) in [5.41, 5.74) is 1.46. The number of sulfonamides is 1. The number of piperazine rings is 1. The first-order chi connectivity index (χ1) is 14.4. The van der Waals surface area contributed by atoms with Crippen molar-refractivity contribution in [2.45, 2.75) is 49.1 Å². The lowest BCUT2D eigenvalue weighted by atomic mass is 10.2. The van der Waals surface area contributed by atoms with E-state index in [1.807, 2.05) is 0 Å². The van der Waals surface area contributed by atoms with Crippen LogP contribution in [0.1, 0.15) is 36.4 Å². The van der Waals surface area contributed by atoms with Gasteiger partial charge in [0.2, 0.25) is 15.9 Å². The second-order valence-corrected chi connectivity index (χ2v) is 10.4. The van der Waals surface area contributed by atoms with Crippen LogP contribution in [0.4, 0.5) is 4.39 Å². The Morgan fingerprint density at radius 1 is 1.13 bits per heavy atom. The number of aryl methyl sites for hydroxylation is 1. The molecule has 2 aromatic rings. The van der Waals surface area contributed by atoms with Crippen LogP contribution in [0.25, 0.3) is 0 Å². The van der Waals surface area contributed by atoms with E-state index in [1.54, 1.807) is 19.3 Å². The SMILES string of the molecule is Cc1ccc(S(=O)(=O)N2CCN3C[C@@H](Oc4cnc(C5CC5)cn4)C[C@H]3C2)cc1F. The van der Waals surface area contributed by atoms with Gasteiger partial charge in [0.15, 0.2) is 0 Å². The van der Waals surface area contributed by atoms with Gasteiger partial charge in [0.05, 0.1) is 23.0 Å². The number of aromatic nitrogens is 2. The van der Waals surface area contributed by atoms with E-state index >= 15 is 0 Å². The van der Waals surface area contributed by atoms with Crippen molar-refractivity contribution in [3.8, 4) is 5.88 Å². The molecule has 1 aromatic heterocycles. The van der Waals surface area contributed by atoms with Gasteiger partial charge in [-0.15, -0.1) is 0 Å². The molecule has 0 amide bonds. The molecule has 1 saturated carbocycles. The summed E-state index contributed by atoms with van der Waals surface area (Å²) in [5, 5.41) is 0.